The second-order valence-electron chi connectivity index (χ2n) is 11.0. The minimum Gasteiger partial charge on any atom is -0.369 e. The predicted molar refractivity (Wildman–Crippen MR) is 113 cm³/mol. The first kappa shape index (κ1) is 22.9. The first-order valence-corrected chi connectivity index (χ1v) is 13.3. The normalized spacial score (nSPS) is 33.8. The summed E-state index contributed by atoms with van der Waals surface area (Å²) in [6.07, 6.45) is 5.95. The van der Waals surface area contributed by atoms with Crippen molar-refractivity contribution in [2.75, 3.05) is 5.75 Å². The number of carbonyl (C=O) groups excluding carboxylic acids is 2. The van der Waals surface area contributed by atoms with Crippen molar-refractivity contribution in [2.45, 2.75) is 62.7 Å². The molecule has 0 spiro atoms. The van der Waals surface area contributed by atoms with Crippen LogP contribution in [0.3, 0.4) is 0 Å². The van der Waals surface area contributed by atoms with E-state index in [-0.39, 0.29) is 30.1 Å². The zero-order valence-corrected chi connectivity index (χ0v) is 19.1. The molecule has 5 aliphatic carbocycles. The molecular weight excluding hydrogens is 455 g/mol. The lowest BCUT2D eigenvalue weighted by Gasteiger charge is -2.59. The van der Waals surface area contributed by atoms with Gasteiger partial charge in [0.15, 0.2) is 21.5 Å². The Balaban J connectivity index is 1.26. The molecule has 0 saturated heterocycles. The Bertz CT molecular complexity index is 1110. The minimum atomic E-state index is -4.21. The topological polar surface area (TPSA) is 94.3 Å². The van der Waals surface area contributed by atoms with Gasteiger partial charge in [-0.1, -0.05) is 0 Å². The quantitative estimate of drug-likeness (QED) is 0.448. The van der Waals surface area contributed by atoms with E-state index in [2.05, 4.69) is 0 Å². The number of primary amides is 1. The van der Waals surface area contributed by atoms with E-state index in [0.717, 1.165) is 32.1 Å². The number of ketones is 1. The van der Waals surface area contributed by atoms with E-state index in [9.17, 15) is 31.2 Å². The van der Waals surface area contributed by atoms with E-state index >= 15 is 0 Å². The van der Waals surface area contributed by atoms with Crippen LogP contribution in [-0.4, -0.2) is 25.9 Å². The summed E-state index contributed by atoms with van der Waals surface area (Å²) >= 11 is 0. The van der Waals surface area contributed by atoms with Crippen molar-refractivity contribution < 1.29 is 31.2 Å². The molecule has 33 heavy (non-hydrogen) atoms. The number of carbonyl (C=O) groups is 2. The fraction of sp³-hybridized carbons (Fsp3) is 0.667. The van der Waals surface area contributed by atoms with Gasteiger partial charge >= 0.3 is 0 Å². The van der Waals surface area contributed by atoms with Crippen molar-refractivity contribution in [3.8, 4) is 0 Å². The van der Waals surface area contributed by atoms with Crippen LogP contribution in [0.25, 0.3) is 0 Å². The van der Waals surface area contributed by atoms with Crippen molar-refractivity contribution in [1.29, 1.82) is 0 Å². The molecule has 1 aromatic rings. The van der Waals surface area contributed by atoms with E-state index in [0.29, 0.717) is 43.1 Å². The fourth-order valence-electron chi connectivity index (χ4n) is 7.20. The SMILES string of the molecule is NC(=O)C12CC3CC(C1)C(CC(=O)C1(CCS(=O)(=O)c4cc(F)c(F)cc4F)CC1)C(C3)C2. The van der Waals surface area contributed by atoms with Crippen LogP contribution in [-0.2, 0) is 19.4 Å². The second-order valence-corrected chi connectivity index (χ2v) is 13.0. The van der Waals surface area contributed by atoms with Gasteiger partial charge in [-0.25, -0.2) is 21.6 Å². The number of amides is 1. The zero-order chi connectivity index (χ0) is 23.8. The molecule has 0 heterocycles. The highest BCUT2D eigenvalue weighted by Crippen LogP contribution is 2.63. The summed E-state index contributed by atoms with van der Waals surface area (Å²) in [5, 5.41) is 0. The summed E-state index contributed by atoms with van der Waals surface area (Å²) in [4.78, 5) is 24.5. The molecule has 2 atom stereocenters. The van der Waals surface area contributed by atoms with Gasteiger partial charge in [-0.2, -0.15) is 0 Å². The predicted octanol–water partition coefficient (Wildman–Crippen LogP) is 3.93. The van der Waals surface area contributed by atoms with Crippen molar-refractivity contribution in [3.63, 3.8) is 0 Å². The number of rotatable bonds is 8. The fourth-order valence-corrected chi connectivity index (χ4v) is 8.72. The van der Waals surface area contributed by atoms with Crippen LogP contribution in [0, 0.1) is 52.0 Å². The monoisotopic (exact) mass is 483 g/mol. The van der Waals surface area contributed by atoms with Crippen LogP contribution in [0.15, 0.2) is 17.0 Å². The lowest BCUT2D eigenvalue weighted by atomic mass is 9.45. The molecule has 5 nitrogen and oxygen atoms in total. The van der Waals surface area contributed by atoms with Crippen LogP contribution in [0.1, 0.15) is 57.8 Å². The van der Waals surface area contributed by atoms with Crippen molar-refractivity contribution >= 4 is 21.5 Å². The largest absolute Gasteiger partial charge is 0.369 e. The summed E-state index contributed by atoms with van der Waals surface area (Å²) < 4.78 is 65.9. The smallest absolute Gasteiger partial charge is 0.223 e. The molecule has 180 valence electrons. The molecule has 1 amide bonds. The van der Waals surface area contributed by atoms with Gasteiger partial charge in [-0.15, -0.1) is 0 Å². The molecule has 2 N–H and O–H groups in total. The van der Waals surface area contributed by atoms with Gasteiger partial charge in [0.1, 0.15) is 16.5 Å². The number of hydrogen-bond donors (Lipinski definition) is 1. The Hall–Kier alpha value is -1.90. The first-order valence-electron chi connectivity index (χ1n) is 11.7. The first-order chi connectivity index (χ1) is 15.4. The van der Waals surface area contributed by atoms with E-state index in [1.165, 1.54) is 0 Å². The average molecular weight is 484 g/mol. The van der Waals surface area contributed by atoms with Crippen LogP contribution in [0.2, 0.25) is 0 Å². The van der Waals surface area contributed by atoms with Crippen LogP contribution in [0.5, 0.6) is 0 Å². The Morgan fingerprint density at radius 3 is 2.15 bits per heavy atom. The summed E-state index contributed by atoms with van der Waals surface area (Å²) in [6, 6.07) is 0.593. The molecule has 1 aromatic carbocycles. The molecule has 5 fully saturated rings. The molecule has 0 radical (unpaired) electrons. The number of hydrogen-bond acceptors (Lipinski definition) is 4. The summed E-state index contributed by atoms with van der Waals surface area (Å²) in [7, 11) is -4.21. The highest BCUT2D eigenvalue weighted by Gasteiger charge is 2.59. The summed E-state index contributed by atoms with van der Waals surface area (Å²) in [5.74, 6) is -3.61. The summed E-state index contributed by atoms with van der Waals surface area (Å²) in [5.41, 5.74) is 4.58. The van der Waals surface area contributed by atoms with Crippen molar-refractivity contribution in [1.82, 2.24) is 0 Å². The molecule has 6 rings (SSSR count). The van der Waals surface area contributed by atoms with Crippen LogP contribution >= 0.6 is 0 Å². The van der Waals surface area contributed by atoms with Gasteiger partial charge < -0.3 is 5.73 Å². The zero-order valence-electron chi connectivity index (χ0n) is 18.3. The lowest BCUT2D eigenvalue weighted by molar-refractivity contribution is -0.152. The minimum absolute atomic E-state index is 0.0362. The standard InChI is InChI=1S/C24H28F3NO4S/c25-17-8-19(27)20(9-18(17)26)33(31,32)4-3-23(1-2-23)21(29)7-16-14-5-13-6-15(16)12-24(10-13,11-14)22(28)30/h8-9,13-16H,1-7,10-12H2,(H2,28,30). The van der Waals surface area contributed by atoms with E-state index in [1.807, 2.05) is 0 Å². The van der Waals surface area contributed by atoms with E-state index in [1.54, 1.807) is 0 Å². The molecule has 5 aliphatic rings. The summed E-state index contributed by atoms with van der Waals surface area (Å²) in [6.45, 7) is 0. The number of sulfone groups is 1. The average Bonchev–Trinajstić information content (AvgIpc) is 3.52. The van der Waals surface area contributed by atoms with Crippen molar-refractivity contribution in [2.24, 2.45) is 40.2 Å². The molecule has 9 heteroatoms. The maximum absolute atomic E-state index is 14.0. The van der Waals surface area contributed by atoms with Crippen molar-refractivity contribution in [3.05, 3.63) is 29.6 Å². The Morgan fingerprint density at radius 2 is 1.58 bits per heavy atom. The Labute approximate surface area is 191 Å². The third-order valence-electron chi connectivity index (χ3n) is 9.02. The highest BCUT2D eigenvalue weighted by molar-refractivity contribution is 7.91. The Kier molecular flexibility index (Phi) is 5.23. The van der Waals surface area contributed by atoms with Gasteiger partial charge in [-0.05, 0) is 81.1 Å². The van der Waals surface area contributed by atoms with Crippen LogP contribution < -0.4 is 5.73 Å². The highest BCUT2D eigenvalue weighted by atomic mass is 32.2. The molecule has 0 aliphatic heterocycles. The molecular formula is C24H28F3NO4S. The van der Waals surface area contributed by atoms with E-state index in [4.69, 9.17) is 5.73 Å². The molecule has 0 aromatic heterocycles. The van der Waals surface area contributed by atoms with Gasteiger partial charge in [0, 0.05) is 23.3 Å². The second kappa shape index (κ2) is 7.55. The van der Waals surface area contributed by atoms with Gasteiger partial charge in [0.25, 0.3) is 0 Å². The van der Waals surface area contributed by atoms with Crippen LogP contribution in [0.4, 0.5) is 13.2 Å². The van der Waals surface area contributed by atoms with E-state index < -0.39 is 48.8 Å². The third kappa shape index (κ3) is 3.80. The van der Waals surface area contributed by atoms with Gasteiger partial charge in [-0.3, -0.25) is 9.59 Å². The van der Waals surface area contributed by atoms with Gasteiger partial charge in [0.2, 0.25) is 5.91 Å². The third-order valence-corrected chi connectivity index (χ3v) is 10.7. The lowest BCUT2D eigenvalue weighted by Crippen LogP contribution is -2.56. The number of benzene rings is 1. The molecule has 5 saturated carbocycles. The maximum atomic E-state index is 14.0. The Morgan fingerprint density at radius 1 is 0.970 bits per heavy atom. The molecule has 4 bridgehead atoms. The number of Topliss-reactive ketones (excluding diaryl/α,β-unsaturated/α-hetero) is 1. The number of nitrogens with two attached hydrogens (primary N) is 1. The molecule has 2 unspecified atom stereocenters. The maximum Gasteiger partial charge on any atom is 0.223 e. The number of halogens is 3. The van der Waals surface area contributed by atoms with Gasteiger partial charge in [0.05, 0.1) is 5.75 Å².